The molecule has 1 aromatic heterocycles. The maximum atomic E-state index is 12.2. The Hall–Kier alpha value is -3.76. The van der Waals surface area contributed by atoms with Gasteiger partial charge in [-0.15, -0.1) is 0 Å². The molecule has 1 aliphatic rings. The monoisotopic (exact) mass is 373 g/mol. The topological polar surface area (TPSA) is 151 Å². The molecule has 1 aromatic carbocycles. The van der Waals surface area contributed by atoms with Gasteiger partial charge in [-0.2, -0.15) is 5.10 Å². The molecule has 1 aliphatic heterocycles. The van der Waals surface area contributed by atoms with Crippen molar-refractivity contribution in [1.82, 2.24) is 14.6 Å². The van der Waals surface area contributed by atoms with Crippen LogP contribution in [0.2, 0.25) is 0 Å². The molecular formula is C16H15N5O6. The summed E-state index contributed by atoms with van der Waals surface area (Å²) in [5.74, 6) is -1.02. The number of non-ortho nitro benzene ring substituents is 1. The largest absolute Gasteiger partial charge is 0.494 e. The van der Waals surface area contributed by atoms with Crippen molar-refractivity contribution >= 4 is 17.3 Å². The first-order chi connectivity index (χ1) is 12.7. The first kappa shape index (κ1) is 18.0. The predicted octanol–water partition coefficient (Wildman–Crippen LogP) is 0.385. The summed E-state index contributed by atoms with van der Waals surface area (Å²) in [7, 11) is 1.27. The van der Waals surface area contributed by atoms with E-state index in [0.717, 1.165) is 9.58 Å². The van der Waals surface area contributed by atoms with Gasteiger partial charge in [0.05, 0.1) is 16.7 Å². The Kier molecular flexibility index (Phi) is 4.35. The highest BCUT2D eigenvalue weighted by Gasteiger charge is 2.34. The Bertz CT molecular complexity index is 1100. The van der Waals surface area contributed by atoms with Gasteiger partial charge in [-0.1, -0.05) is 12.1 Å². The summed E-state index contributed by atoms with van der Waals surface area (Å²) in [6.45, 7) is 1.27. The second-order valence-electron chi connectivity index (χ2n) is 6.00. The van der Waals surface area contributed by atoms with Gasteiger partial charge in [-0.3, -0.25) is 29.3 Å². The summed E-state index contributed by atoms with van der Waals surface area (Å²) < 4.78 is 0.845. The zero-order chi connectivity index (χ0) is 19.9. The van der Waals surface area contributed by atoms with E-state index in [0.29, 0.717) is 5.56 Å². The maximum absolute atomic E-state index is 12.2. The molecule has 27 heavy (non-hydrogen) atoms. The standard InChI is InChI=1S/C16H15N5O6/c1-8(22)20-12(9-4-3-5-10(6-9)21(26)27)7-11(18-20)13-14(23)17-16(25)19(2)15(13)24/h3-6,12,24H,7H2,1-2H3,(H,17,23,25)/t12-/m1/s1. The van der Waals surface area contributed by atoms with E-state index < -0.39 is 34.0 Å². The van der Waals surface area contributed by atoms with Crippen molar-refractivity contribution in [2.24, 2.45) is 12.1 Å². The summed E-state index contributed by atoms with van der Waals surface area (Å²) in [6, 6.07) is 5.05. The Balaban J connectivity index is 2.09. The molecule has 11 nitrogen and oxygen atoms in total. The molecule has 3 rings (SSSR count). The number of rotatable bonds is 3. The van der Waals surface area contributed by atoms with Gasteiger partial charge in [-0.05, 0) is 5.56 Å². The number of hydrazone groups is 1. The van der Waals surface area contributed by atoms with Crippen molar-refractivity contribution in [3.8, 4) is 5.88 Å². The van der Waals surface area contributed by atoms with E-state index in [-0.39, 0.29) is 23.4 Å². The van der Waals surface area contributed by atoms with E-state index in [1.54, 1.807) is 6.07 Å². The second kappa shape index (κ2) is 6.52. The first-order valence-corrected chi connectivity index (χ1v) is 7.85. The van der Waals surface area contributed by atoms with Crippen LogP contribution in [0.5, 0.6) is 5.88 Å². The zero-order valence-corrected chi connectivity index (χ0v) is 14.4. The number of carbonyl (C=O) groups excluding carboxylic acids is 1. The molecule has 0 unspecified atom stereocenters. The molecule has 2 aromatic rings. The van der Waals surface area contributed by atoms with Crippen LogP contribution in [0.15, 0.2) is 39.0 Å². The minimum atomic E-state index is -0.836. The predicted molar refractivity (Wildman–Crippen MR) is 93.5 cm³/mol. The number of carbonyl (C=O) groups is 1. The fraction of sp³-hybridized carbons (Fsp3) is 0.250. The lowest BCUT2D eigenvalue weighted by Gasteiger charge is -2.20. The third-order valence-electron chi connectivity index (χ3n) is 4.28. The number of hydrogen-bond acceptors (Lipinski definition) is 7. The van der Waals surface area contributed by atoms with Gasteiger partial charge in [0.15, 0.2) is 0 Å². The molecule has 1 amide bonds. The SMILES string of the molecule is CC(=O)N1N=C(c2c(O)n(C)c(=O)[nH]c2=O)C[C@@H]1c1cccc([N+](=O)[O-])c1. The van der Waals surface area contributed by atoms with Crippen LogP contribution in [0.25, 0.3) is 0 Å². The number of hydrogen-bond donors (Lipinski definition) is 2. The Morgan fingerprint density at radius 1 is 1.41 bits per heavy atom. The highest BCUT2D eigenvalue weighted by Crippen LogP contribution is 2.34. The molecule has 0 bridgehead atoms. The van der Waals surface area contributed by atoms with E-state index in [1.165, 1.54) is 32.2 Å². The number of nitrogens with one attached hydrogen (secondary N) is 1. The van der Waals surface area contributed by atoms with Crippen molar-refractivity contribution in [3.05, 3.63) is 66.3 Å². The minimum absolute atomic E-state index is 0.0373. The molecular weight excluding hydrogens is 358 g/mol. The average Bonchev–Trinajstić information content (AvgIpc) is 3.05. The normalized spacial score (nSPS) is 16.3. The third kappa shape index (κ3) is 3.10. The fourth-order valence-corrected chi connectivity index (χ4v) is 2.93. The molecule has 0 aliphatic carbocycles. The molecule has 2 heterocycles. The van der Waals surface area contributed by atoms with Crippen molar-refractivity contribution in [2.75, 3.05) is 0 Å². The number of nitro benzene ring substituents is 1. The molecule has 2 N–H and O–H groups in total. The van der Waals surface area contributed by atoms with Crippen molar-refractivity contribution in [1.29, 1.82) is 0 Å². The summed E-state index contributed by atoms with van der Waals surface area (Å²) in [4.78, 5) is 48.3. The summed E-state index contributed by atoms with van der Waals surface area (Å²) in [5.41, 5.74) is -1.45. The average molecular weight is 373 g/mol. The molecule has 0 saturated heterocycles. The fourth-order valence-electron chi connectivity index (χ4n) is 2.93. The lowest BCUT2D eigenvalue weighted by Crippen LogP contribution is -2.32. The number of aromatic nitrogens is 2. The Morgan fingerprint density at radius 2 is 2.11 bits per heavy atom. The van der Waals surface area contributed by atoms with Gasteiger partial charge >= 0.3 is 5.69 Å². The highest BCUT2D eigenvalue weighted by atomic mass is 16.6. The number of amides is 1. The minimum Gasteiger partial charge on any atom is -0.494 e. The maximum Gasteiger partial charge on any atom is 0.330 e. The van der Waals surface area contributed by atoms with E-state index in [2.05, 4.69) is 10.1 Å². The van der Waals surface area contributed by atoms with Gasteiger partial charge < -0.3 is 5.11 Å². The van der Waals surface area contributed by atoms with Crippen molar-refractivity contribution < 1.29 is 14.8 Å². The smallest absolute Gasteiger partial charge is 0.330 e. The van der Waals surface area contributed by atoms with E-state index in [1.807, 2.05) is 0 Å². The van der Waals surface area contributed by atoms with Crippen LogP contribution in [0.4, 0.5) is 5.69 Å². The molecule has 1 atom stereocenters. The molecule has 0 radical (unpaired) electrons. The molecule has 0 spiro atoms. The lowest BCUT2D eigenvalue weighted by molar-refractivity contribution is -0.384. The van der Waals surface area contributed by atoms with Gasteiger partial charge in [0.1, 0.15) is 5.56 Å². The van der Waals surface area contributed by atoms with Crippen LogP contribution >= 0.6 is 0 Å². The molecule has 0 fully saturated rings. The highest BCUT2D eigenvalue weighted by molar-refractivity contribution is 6.04. The quantitative estimate of drug-likeness (QED) is 0.586. The van der Waals surface area contributed by atoms with Gasteiger partial charge in [0, 0.05) is 32.5 Å². The molecule has 0 saturated carbocycles. The summed E-state index contributed by atoms with van der Waals surface area (Å²) in [5, 5.41) is 26.4. The van der Waals surface area contributed by atoms with Gasteiger partial charge in [-0.25, -0.2) is 9.80 Å². The van der Waals surface area contributed by atoms with Crippen LogP contribution < -0.4 is 11.2 Å². The van der Waals surface area contributed by atoms with Crippen LogP contribution in [-0.4, -0.2) is 36.2 Å². The van der Waals surface area contributed by atoms with Crippen LogP contribution in [-0.2, 0) is 11.8 Å². The lowest BCUT2D eigenvalue weighted by atomic mass is 9.99. The Labute approximate surface area is 151 Å². The Morgan fingerprint density at radius 3 is 2.74 bits per heavy atom. The van der Waals surface area contributed by atoms with Crippen LogP contribution in [0.3, 0.4) is 0 Å². The first-order valence-electron chi connectivity index (χ1n) is 7.85. The van der Waals surface area contributed by atoms with E-state index >= 15 is 0 Å². The van der Waals surface area contributed by atoms with Crippen molar-refractivity contribution in [2.45, 2.75) is 19.4 Å². The van der Waals surface area contributed by atoms with Gasteiger partial charge in [0.2, 0.25) is 11.8 Å². The molecule has 140 valence electrons. The second-order valence-corrected chi connectivity index (χ2v) is 6.00. The van der Waals surface area contributed by atoms with Gasteiger partial charge in [0.25, 0.3) is 11.2 Å². The number of benzene rings is 1. The number of aromatic amines is 1. The summed E-state index contributed by atoms with van der Waals surface area (Å²) in [6.07, 6.45) is 0.0373. The number of nitrogens with zero attached hydrogens (tertiary/aromatic N) is 4. The number of nitro groups is 1. The van der Waals surface area contributed by atoms with E-state index in [9.17, 15) is 29.6 Å². The van der Waals surface area contributed by atoms with Crippen LogP contribution in [0.1, 0.15) is 30.5 Å². The van der Waals surface area contributed by atoms with Crippen molar-refractivity contribution in [3.63, 3.8) is 0 Å². The zero-order valence-electron chi connectivity index (χ0n) is 14.4. The number of H-pyrrole nitrogens is 1. The summed E-state index contributed by atoms with van der Waals surface area (Å²) >= 11 is 0. The number of aromatic hydroxyl groups is 1. The van der Waals surface area contributed by atoms with Crippen LogP contribution in [0, 0.1) is 10.1 Å². The van der Waals surface area contributed by atoms with E-state index in [4.69, 9.17) is 0 Å². The third-order valence-corrected chi connectivity index (χ3v) is 4.28. The molecule has 11 heteroatoms.